The number of thiazole rings is 1. The fourth-order valence-corrected chi connectivity index (χ4v) is 3.39. The number of nitrogens with zero attached hydrogens (tertiary/aromatic N) is 3. The maximum Gasteiger partial charge on any atom is 0.238 e. The number of benzene rings is 1. The van der Waals surface area contributed by atoms with Gasteiger partial charge in [-0.3, -0.25) is 14.5 Å². The van der Waals surface area contributed by atoms with Crippen molar-refractivity contribution in [3.63, 3.8) is 0 Å². The van der Waals surface area contributed by atoms with Gasteiger partial charge in [-0.2, -0.15) is 0 Å². The van der Waals surface area contributed by atoms with E-state index in [2.05, 4.69) is 20.1 Å². The topological polar surface area (TPSA) is 65.5 Å². The van der Waals surface area contributed by atoms with E-state index in [0.717, 1.165) is 31.3 Å². The van der Waals surface area contributed by atoms with E-state index in [9.17, 15) is 9.59 Å². The average molecular weight is 344 g/mol. The predicted octanol–water partition coefficient (Wildman–Crippen LogP) is 2.11. The number of ketones is 1. The second kappa shape index (κ2) is 7.55. The van der Waals surface area contributed by atoms with Gasteiger partial charge in [-0.05, 0) is 19.1 Å². The molecular formula is C17H20N4O2S. The van der Waals surface area contributed by atoms with Crippen LogP contribution in [0.5, 0.6) is 0 Å². The molecule has 0 aliphatic carbocycles. The number of hydrogen-bond acceptors (Lipinski definition) is 6. The summed E-state index contributed by atoms with van der Waals surface area (Å²) in [6.45, 7) is 5.29. The number of anilines is 2. The lowest BCUT2D eigenvalue weighted by atomic mass is 10.1. The molecule has 1 saturated heterocycles. The van der Waals surface area contributed by atoms with Gasteiger partial charge in [0.25, 0.3) is 0 Å². The zero-order chi connectivity index (χ0) is 16.9. The van der Waals surface area contributed by atoms with Crippen LogP contribution in [-0.2, 0) is 4.79 Å². The molecule has 1 amide bonds. The molecule has 0 spiro atoms. The quantitative estimate of drug-likeness (QED) is 0.842. The van der Waals surface area contributed by atoms with Gasteiger partial charge in [0.1, 0.15) is 0 Å². The highest BCUT2D eigenvalue weighted by molar-refractivity contribution is 7.13. The van der Waals surface area contributed by atoms with Crippen LogP contribution in [0, 0.1) is 0 Å². The first kappa shape index (κ1) is 16.6. The molecule has 1 aliphatic rings. The van der Waals surface area contributed by atoms with Crippen LogP contribution in [0.3, 0.4) is 0 Å². The Morgan fingerprint density at radius 1 is 1.25 bits per heavy atom. The number of carbonyl (C=O) groups is 2. The van der Waals surface area contributed by atoms with Crippen LogP contribution in [0.2, 0.25) is 0 Å². The predicted molar refractivity (Wildman–Crippen MR) is 95.8 cm³/mol. The van der Waals surface area contributed by atoms with Crippen LogP contribution >= 0.6 is 11.3 Å². The lowest BCUT2D eigenvalue weighted by molar-refractivity contribution is -0.117. The molecule has 1 fully saturated rings. The molecule has 3 rings (SSSR count). The van der Waals surface area contributed by atoms with Gasteiger partial charge in [-0.15, -0.1) is 11.3 Å². The minimum atomic E-state index is -0.0570. The summed E-state index contributed by atoms with van der Waals surface area (Å²) >= 11 is 1.64. The van der Waals surface area contributed by atoms with Crippen LogP contribution in [0.25, 0.3) is 0 Å². The normalized spacial score (nSPS) is 15.3. The van der Waals surface area contributed by atoms with Gasteiger partial charge in [-0.25, -0.2) is 4.98 Å². The highest BCUT2D eigenvalue weighted by Crippen LogP contribution is 2.19. The monoisotopic (exact) mass is 344 g/mol. The number of carbonyl (C=O) groups excluding carboxylic acids is 2. The third-order valence-electron chi connectivity index (χ3n) is 3.98. The van der Waals surface area contributed by atoms with Gasteiger partial charge in [0.05, 0.1) is 6.54 Å². The maximum atomic E-state index is 12.2. The minimum Gasteiger partial charge on any atom is -0.346 e. The number of rotatable bonds is 5. The van der Waals surface area contributed by atoms with Crippen molar-refractivity contribution in [2.24, 2.45) is 0 Å². The fourth-order valence-electron chi connectivity index (χ4n) is 2.69. The molecule has 0 atom stereocenters. The van der Waals surface area contributed by atoms with Crippen molar-refractivity contribution in [1.29, 1.82) is 0 Å². The van der Waals surface area contributed by atoms with Crippen molar-refractivity contribution in [3.05, 3.63) is 41.4 Å². The van der Waals surface area contributed by atoms with Crippen LogP contribution in [0.15, 0.2) is 35.8 Å². The Hall–Kier alpha value is -2.25. The molecule has 24 heavy (non-hydrogen) atoms. The Morgan fingerprint density at radius 2 is 2.04 bits per heavy atom. The maximum absolute atomic E-state index is 12.2. The van der Waals surface area contributed by atoms with E-state index in [1.807, 2.05) is 11.6 Å². The van der Waals surface area contributed by atoms with Crippen LogP contribution in [-0.4, -0.2) is 54.3 Å². The van der Waals surface area contributed by atoms with Gasteiger partial charge >= 0.3 is 0 Å². The summed E-state index contributed by atoms with van der Waals surface area (Å²) < 4.78 is 0. The molecule has 7 heteroatoms. The van der Waals surface area contributed by atoms with Crippen molar-refractivity contribution in [2.75, 3.05) is 42.9 Å². The second-order valence-electron chi connectivity index (χ2n) is 5.76. The summed E-state index contributed by atoms with van der Waals surface area (Å²) in [6.07, 6.45) is 1.81. The summed E-state index contributed by atoms with van der Waals surface area (Å²) in [5.74, 6) is -0.0668. The first-order valence-corrected chi connectivity index (χ1v) is 8.77. The fraction of sp³-hybridized carbons (Fsp3) is 0.353. The summed E-state index contributed by atoms with van der Waals surface area (Å²) in [5, 5.41) is 5.88. The van der Waals surface area contributed by atoms with Crippen molar-refractivity contribution in [1.82, 2.24) is 9.88 Å². The van der Waals surface area contributed by atoms with E-state index in [-0.39, 0.29) is 11.7 Å². The molecule has 0 unspecified atom stereocenters. The molecule has 6 nitrogen and oxygen atoms in total. The van der Waals surface area contributed by atoms with Gasteiger partial charge in [0.2, 0.25) is 5.91 Å². The summed E-state index contributed by atoms with van der Waals surface area (Å²) in [5.41, 5.74) is 1.26. The number of Topliss-reactive ketones (excluding diaryl/α,β-unsaturated/α-hetero) is 1. The standard InChI is InChI=1S/C17H20N4O2S/c1-13(22)14-3-2-4-15(11-14)19-16(23)12-20-6-8-21(9-7-20)17-18-5-10-24-17/h2-5,10-11H,6-9,12H2,1H3,(H,19,23). The Labute approximate surface area is 145 Å². The molecule has 0 saturated carbocycles. The Morgan fingerprint density at radius 3 is 2.71 bits per heavy atom. The number of hydrogen-bond donors (Lipinski definition) is 1. The first-order valence-electron chi connectivity index (χ1n) is 7.89. The summed E-state index contributed by atoms with van der Waals surface area (Å²) in [7, 11) is 0. The van der Waals surface area contributed by atoms with Gasteiger partial charge in [-0.1, -0.05) is 12.1 Å². The van der Waals surface area contributed by atoms with E-state index in [0.29, 0.717) is 17.8 Å². The van der Waals surface area contributed by atoms with E-state index in [1.54, 1.807) is 35.6 Å². The lowest BCUT2D eigenvalue weighted by Gasteiger charge is -2.34. The Kier molecular flexibility index (Phi) is 5.22. The Balaban J connectivity index is 1.49. The van der Waals surface area contributed by atoms with Crippen LogP contribution < -0.4 is 10.2 Å². The van der Waals surface area contributed by atoms with E-state index >= 15 is 0 Å². The SMILES string of the molecule is CC(=O)c1cccc(NC(=O)CN2CCN(c3nccs3)CC2)c1. The second-order valence-corrected chi connectivity index (χ2v) is 6.64. The van der Waals surface area contributed by atoms with Crippen molar-refractivity contribution < 1.29 is 9.59 Å². The largest absolute Gasteiger partial charge is 0.346 e. The third-order valence-corrected chi connectivity index (χ3v) is 4.81. The van der Waals surface area contributed by atoms with Crippen molar-refractivity contribution >= 4 is 33.8 Å². The number of piperazine rings is 1. The summed E-state index contributed by atoms with van der Waals surface area (Å²) in [4.78, 5) is 32.3. The molecular weight excluding hydrogens is 324 g/mol. The number of aromatic nitrogens is 1. The van der Waals surface area contributed by atoms with Gasteiger partial charge < -0.3 is 10.2 Å². The third kappa shape index (κ3) is 4.18. The number of amides is 1. The molecule has 1 N–H and O–H groups in total. The molecule has 0 radical (unpaired) electrons. The van der Waals surface area contributed by atoms with Crippen molar-refractivity contribution in [3.8, 4) is 0 Å². The molecule has 2 aromatic rings. The minimum absolute atomic E-state index is 0.00981. The molecule has 1 aromatic carbocycles. The highest BCUT2D eigenvalue weighted by atomic mass is 32.1. The smallest absolute Gasteiger partial charge is 0.238 e. The molecule has 0 bridgehead atoms. The molecule has 1 aromatic heterocycles. The first-order chi connectivity index (χ1) is 11.6. The molecule has 126 valence electrons. The van der Waals surface area contributed by atoms with E-state index in [4.69, 9.17) is 0 Å². The lowest BCUT2D eigenvalue weighted by Crippen LogP contribution is -2.48. The summed E-state index contributed by atoms with van der Waals surface area (Å²) in [6, 6.07) is 7.03. The molecule has 1 aliphatic heterocycles. The van der Waals surface area contributed by atoms with Gasteiger partial charge in [0, 0.05) is 49.0 Å². The van der Waals surface area contributed by atoms with E-state index in [1.165, 1.54) is 6.92 Å². The van der Waals surface area contributed by atoms with E-state index < -0.39 is 0 Å². The highest BCUT2D eigenvalue weighted by Gasteiger charge is 2.20. The van der Waals surface area contributed by atoms with Crippen molar-refractivity contribution in [2.45, 2.75) is 6.92 Å². The zero-order valence-electron chi connectivity index (χ0n) is 13.6. The van der Waals surface area contributed by atoms with Crippen LogP contribution in [0.1, 0.15) is 17.3 Å². The molecule has 2 heterocycles. The zero-order valence-corrected chi connectivity index (χ0v) is 14.4. The Bertz CT molecular complexity index is 709. The number of nitrogens with one attached hydrogen (secondary N) is 1. The average Bonchev–Trinajstić information content (AvgIpc) is 3.10. The van der Waals surface area contributed by atoms with Gasteiger partial charge in [0.15, 0.2) is 10.9 Å². The van der Waals surface area contributed by atoms with Crippen LogP contribution in [0.4, 0.5) is 10.8 Å².